The Kier molecular flexibility index (Phi) is 6.77. The highest BCUT2D eigenvalue weighted by Crippen LogP contribution is 2.30. The minimum atomic E-state index is -4.18. The molecule has 0 saturated heterocycles. The van der Waals surface area contributed by atoms with Crippen molar-refractivity contribution in [2.45, 2.75) is 25.1 Å². The van der Waals surface area contributed by atoms with E-state index in [1.54, 1.807) is 18.2 Å². The molecule has 0 bridgehead atoms. The first kappa shape index (κ1) is 17.6. The molecule has 4 nitrogen and oxygen atoms in total. The highest BCUT2D eigenvalue weighted by Gasteiger charge is 2.26. The Labute approximate surface area is 121 Å². The zero-order valence-electron chi connectivity index (χ0n) is 11.9. The fourth-order valence-corrected chi connectivity index (χ4v) is 1.73. The number of methoxy groups -OCH3 is 2. The van der Waals surface area contributed by atoms with Crippen LogP contribution in [0.3, 0.4) is 0 Å². The van der Waals surface area contributed by atoms with Crippen molar-refractivity contribution in [3.63, 3.8) is 0 Å². The third kappa shape index (κ3) is 6.22. The first-order chi connectivity index (χ1) is 9.87. The second-order valence-electron chi connectivity index (χ2n) is 4.42. The molecule has 1 aromatic carbocycles. The van der Waals surface area contributed by atoms with Gasteiger partial charge < -0.3 is 19.3 Å². The van der Waals surface area contributed by atoms with Gasteiger partial charge in [0.05, 0.1) is 20.8 Å². The maximum Gasteiger partial charge on any atom is 0.389 e. The lowest BCUT2D eigenvalue weighted by Gasteiger charge is -2.14. The number of alkyl halides is 3. The van der Waals surface area contributed by atoms with Gasteiger partial charge in [-0.15, -0.1) is 0 Å². The number of ether oxygens (including phenoxy) is 3. The number of hydrogen-bond donors (Lipinski definition) is 1. The van der Waals surface area contributed by atoms with Crippen LogP contribution in [-0.4, -0.2) is 38.7 Å². The molecule has 0 aliphatic heterocycles. The van der Waals surface area contributed by atoms with E-state index in [9.17, 15) is 18.3 Å². The molecule has 1 rings (SSSR count). The monoisotopic (exact) mass is 308 g/mol. The van der Waals surface area contributed by atoms with Gasteiger partial charge in [-0.25, -0.2) is 0 Å². The maximum atomic E-state index is 11.9. The van der Waals surface area contributed by atoms with Crippen LogP contribution in [0.15, 0.2) is 18.2 Å². The quantitative estimate of drug-likeness (QED) is 0.750. The Morgan fingerprint density at radius 1 is 1.14 bits per heavy atom. The molecule has 0 aliphatic carbocycles. The van der Waals surface area contributed by atoms with Gasteiger partial charge in [-0.3, -0.25) is 0 Å². The average Bonchev–Trinajstić information content (AvgIpc) is 2.44. The molecular formula is C14H19F3O4. The van der Waals surface area contributed by atoms with E-state index < -0.39 is 18.7 Å². The van der Waals surface area contributed by atoms with E-state index >= 15 is 0 Å². The van der Waals surface area contributed by atoms with Gasteiger partial charge in [0.2, 0.25) is 0 Å². The summed E-state index contributed by atoms with van der Waals surface area (Å²) in [7, 11) is 2.97. The van der Waals surface area contributed by atoms with E-state index in [4.69, 9.17) is 14.2 Å². The van der Waals surface area contributed by atoms with Gasteiger partial charge in [0.25, 0.3) is 0 Å². The summed E-state index contributed by atoms with van der Waals surface area (Å²) in [6.45, 7) is -0.128. The zero-order valence-corrected chi connectivity index (χ0v) is 11.9. The summed E-state index contributed by atoms with van der Waals surface area (Å²) in [6.07, 6.45) is -6.12. The molecule has 0 heterocycles. The summed E-state index contributed by atoms with van der Waals surface area (Å²) >= 11 is 0. The number of aliphatic hydroxyl groups is 1. The normalized spacial score (nSPS) is 13.0. The SMILES string of the molecule is COc1ccc(C(O)COCCCC(F)(F)F)cc1OC. The van der Waals surface area contributed by atoms with Crippen molar-refractivity contribution >= 4 is 0 Å². The van der Waals surface area contributed by atoms with E-state index in [1.807, 2.05) is 0 Å². The summed E-state index contributed by atoms with van der Waals surface area (Å²) < 4.78 is 51.0. The Morgan fingerprint density at radius 3 is 2.38 bits per heavy atom. The fraction of sp³-hybridized carbons (Fsp3) is 0.571. The second-order valence-corrected chi connectivity index (χ2v) is 4.42. The zero-order chi connectivity index (χ0) is 15.9. The third-order valence-corrected chi connectivity index (χ3v) is 2.82. The van der Waals surface area contributed by atoms with Crippen molar-refractivity contribution in [2.75, 3.05) is 27.4 Å². The molecule has 7 heteroatoms. The van der Waals surface area contributed by atoms with Gasteiger partial charge in [-0.05, 0) is 24.1 Å². The third-order valence-electron chi connectivity index (χ3n) is 2.82. The summed E-state index contributed by atoms with van der Waals surface area (Å²) in [4.78, 5) is 0. The molecule has 1 aromatic rings. The topological polar surface area (TPSA) is 47.9 Å². The molecule has 120 valence electrons. The van der Waals surface area contributed by atoms with Crippen LogP contribution in [0.2, 0.25) is 0 Å². The van der Waals surface area contributed by atoms with Crippen LogP contribution in [0.1, 0.15) is 24.5 Å². The molecule has 1 N–H and O–H groups in total. The van der Waals surface area contributed by atoms with Gasteiger partial charge in [0, 0.05) is 13.0 Å². The predicted molar refractivity (Wildman–Crippen MR) is 70.6 cm³/mol. The van der Waals surface area contributed by atoms with Crippen LogP contribution in [-0.2, 0) is 4.74 Å². The van der Waals surface area contributed by atoms with E-state index in [1.165, 1.54) is 14.2 Å². The molecule has 0 fully saturated rings. The lowest BCUT2D eigenvalue weighted by molar-refractivity contribution is -0.138. The van der Waals surface area contributed by atoms with Gasteiger partial charge in [0.15, 0.2) is 11.5 Å². The van der Waals surface area contributed by atoms with Crippen LogP contribution < -0.4 is 9.47 Å². The smallest absolute Gasteiger partial charge is 0.389 e. The van der Waals surface area contributed by atoms with E-state index in [0.29, 0.717) is 17.1 Å². The van der Waals surface area contributed by atoms with Crippen molar-refractivity contribution < 1.29 is 32.5 Å². The van der Waals surface area contributed by atoms with Crippen LogP contribution in [0, 0.1) is 0 Å². The summed E-state index contributed by atoms with van der Waals surface area (Å²) in [6, 6.07) is 4.88. The Hall–Kier alpha value is -1.47. The number of aliphatic hydroxyl groups excluding tert-OH is 1. The lowest BCUT2D eigenvalue weighted by Crippen LogP contribution is -2.11. The van der Waals surface area contributed by atoms with Gasteiger partial charge in [-0.2, -0.15) is 13.2 Å². The van der Waals surface area contributed by atoms with Crippen molar-refractivity contribution in [1.82, 2.24) is 0 Å². The number of benzene rings is 1. The molecule has 21 heavy (non-hydrogen) atoms. The Balaban J connectivity index is 2.43. The fourth-order valence-electron chi connectivity index (χ4n) is 1.73. The van der Waals surface area contributed by atoms with Crippen molar-refractivity contribution in [2.24, 2.45) is 0 Å². The molecule has 1 atom stereocenters. The summed E-state index contributed by atoms with van der Waals surface area (Å²) in [5.74, 6) is 0.991. The van der Waals surface area contributed by atoms with Crippen LogP contribution in [0.4, 0.5) is 13.2 Å². The summed E-state index contributed by atoms with van der Waals surface area (Å²) in [5.41, 5.74) is 0.545. The molecule has 0 aliphatic rings. The first-order valence-corrected chi connectivity index (χ1v) is 6.42. The molecular weight excluding hydrogens is 289 g/mol. The molecule has 0 saturated carbocycles. The number of hydrogen-bond acceptors (Lipinski definition) is 4. The van der Waals surface area contributed by atoms with Crippen molar-refractivity contribution in [3.8, 4) is 11.5 Å². The van der Waals surface area contributed by atoms with Crippen molar-refractivity contribution in [3.05, 3.63) is 23.8 Å². The highest BCUT2D eigenvalue weighted by molar-refractivity contribution is 5.43. The number of rotatable bonds is 8. The first-order valence-electron chi connectivity index (χ1n) is 6.42. The minimum Gasteiger partial charge on any atom is -0.493 e. The van der Waals surface area contributed by atoms with E-state index in [0.717, 1.165) is 0 Å². The van der Waals surface area contributed by atoms with Crippen molar-refractivity contribution in [1.29, 1.82) is 0 Å². The van der Waals surface area contributed by atoms with Crippen LogP contribution in [0.5, 0.6) is 11.5 Å². The molecule has 0 radical (unpaired) electrons. The average molecular weight is 308 g/mol. The van der Waals surface area contributed by atoms with E-state index in [2.05, 4.69) is 0 Å². The second kappa shape index (κ2) is 8.09. The molecule has 0 spiro atoms. The predicted octanol–water partition coefficient (Wildman–Crippen LogP) is 3.10. The summed E-state index contributed by atoms with van der Waals surface area (Å²) in [5, 5.41) is 9.92. The molecule has 0 aromatic heterocycles. The van der Waals surface area contributed by atoms with Crippen LogP contribution >= 0.6 is 0 Å². The molecule has 1 unspecified atom stereocenters. The number of halogens is 3. The van der Waals surface area contributed by atoms with Crippen LogP contribution in [0.25, 0.3) is 0 Å². The van der Waals surface area contributed by atoms with Gasteiger partial charge in [-0.1, -0.05) is 6.07 Å². The molecule has 0 amide bonds. The highest BCUT2D eigenvalue weighted by atomic mass is 19.4. The minimum absolute atomic E-state index is 0.0517. The maximum absolute atomic E-state index is 11.9. The Bertz CT molecular complexity index is 435. The largest absolute Gasteiger partial charge is 0.493 e. The van der Waals surface area contributed by atoms with Gasteiger partial charge in [0.1, 0.15) is 6.10 Å². The Morgan fingerprint density at radius 2 is 1.81 bits per heavy atom. The van der Waals surface area contributed by atoms with Gasteiger partial charge >= 0.3 is 6.18 Å². The lowest BCUT2D eigenvalue weighted by atomic mass is 10.1. The standard InChI is InChI=1S/C14H19F3O4/c1-19-12-5-4-10(8-13(12)20-2)11(18)9-21-7-3-6-14(15,16)17/h4-5,8,11,18H,3,6-7,9H2,1-2H3. The van der Waals surface area contributed by atoms with E-state index in [-0.39, 0.29) is 19.6 Å².